The highest BCUT2D eigenvalue weighted by molar-refractivity contribution is 6.30. The molecule has 0 saturated carbocycles. The topological polar surface area (TPSA) is 46.3 Å². The molecule has 0 bridgehead atoms. The Kier molecular flexibility index (Phi) is 3.38. The van der Waals surface area contributed by atoms with Crippen molar-refractivity contribution in [1.82, 2.24) is 19.6 Å². The predicted octanol–water partition coefficient (Wildman–Crippen LogP) is 3.44. The summed E-state index contributed by atoms with van der Waals surface area (Å²) in [6, 6.07) is 3.94. The summed E-state index contributed by atoms with van der Waals surface area (Å²) in [6.07, 6.45) is -1.14. The molecule has 9 heteroatoms. The summed E-state index contributed by atoms with van der Waals surface area (Å²) in [5.74, 6) is 0.660. The summed E-state index contributed by atoms with van der Waals surface area (Å²) in [6.45, 7) is 0.225. The molecule has 4 rings (SSSR count). The molecule has 0 radical (unpaired) electrons. The van der Waals surface area contributed by atoms with E-state index in [0.29, 0.717) is 17.3 Å². The van der Waals surface area contributed by atoms with Gasteiger partial charge in [-0.05, 0) is 24.1 Å². The number of aromatic nitrogens is 4. The summed E-state index contributed by atoms with van der Waals surface area (Å²) in [7, 11) is 0. The van der Waals surface area contributed by atoms with Gasteiger partial charge in [-0.3, -0.25) is 0 Å². The summed E-state index contributed by atoms with van der Waals surface area (Å²) in [4.78, 5) is 9.38. The molecule has 5 nitrogen and oxygen atoms in total. The highest BCUT2D eigenvalue weighted by atomic mass is 35.5. The molecule has 0 saturated heterocycles. The monoisotopic (exact) mass is 353 g/mol. The Labute approximate surface area is 139 Å². The fraction of sp³-hybridized carbons (Fsp3) is 0.267. The third-order valence-corrected chi connectivity index (χ3v) is 4.31. The first kappa shape index (κ1) is 15.2. The van der Waals surface area contributed by atoms with Gasteiger partial charge in [-0.1, -0.05) is 23.7 Å². The number of rotatable bonds is 2. The number of hydrogen-bond donors (Lipinski definition) is 0. The molecule has 124 valence electrons. The van der Waals surface area contributed by atoms with Crippen LogP contribution in [0.25, 0.3) is 5.78 Å². The zero-order chi connectivity index (χ0) is 16.9. The molecule has 3 heterocycles. The maximum Gasteiger partial charge on any atom is 0.413 e. The lowest BCUT2D eigenvalue weighted by molar-refractivity contribution is -0.150. The standard InChI is InChI=1S/C15H11ClF3N5/c16-11-3-1-9(2-4-11)12(15(17,18)19)23-6-5-10-7-20-14-21-8-22-24(14)13(10)23/h1-4,7-8,12H,5-6H2. The van der Waals surface area contributed by atoms with Crippen LogP contribution in [-0.2, 0) is 6.42 Å². The van der Waals surface area contributed by atoms with Crippen LogP contribution in [-0.4, -0.2) is 32.3 Å². The molecule has 1 atom stereocenters. The molecule has 24 heavy (non-hydrogen) atoms. The van der Waals surface area contributed by atoms with Crippen molar-refractivity contribution >= 4 is 23.2 Å². The van der Waals surface area contributed by atoms with Gasteiger partial charge < -0.3 is 4.90 Å². The third-order valence-electron chi connectivity index (χ3n) is 4.06. The van der Waals surface area contributed by atoms with Crippen LogP contribution in [0.2, 0.25) is 5.02 Å². The molecule has 0 spiro atoms. The Bertz CT molecular complexity index is 890. The van der Waals surface area contributed by atoms with Crippen molar-refractivity contribution in [2.24, 2.45) is 0 Å². The van der Waals surface area contributed by atoms with Crippen molar-refractivity contribution in [2.45, 2.75) is 18.6 Å². The fourth-order valence-corrected chi connectivity index (χ4v) is 3.20. The van der Waals surface area contributed by atoms with Crippen LogP contribution in [0.1, 0.15) is 17.2 Å². The van der Waals surface area contributed by atoms with Crippen LogP contribution in [0, 0.1) is 0 Å². The lowest BCUT2D eigenvalue weighted by Crippen LogP contribution is -2.38. The number of benzene rings is 1. The van der Waals surface area contributed by atoms with Crippen LogP contribution in [0.15, 0.2) is 36.8 Å². The lowest BCUT2D eigenvalue weighted by atomic mass is 10.1. The molecule has 3 aromatic rings. The fourth-order valence-electron chi connectivity index (χ4n) is 3.07. The first-order valence-corrected chi connectivity index (χ1v) is 7.59. The van der Waals surface area contributed by atoms with Gasteiger partial charge in [0.15, 0.2) is 6.04 Å². The lowest BCUT2D eigenvalue weighted by Gasteiger charge is -2.32. The zero-order valence-corrected chi connectivity index (χ0v) is 13.0. The average Bonchev–Trinajstić information content (AvgIpc) is 3.14. The second-order valence-corrected chi connectivity index (χ2v) is 5.95. The second-order valence-electron chi connectivity index (χ2n) is 5.52. The van der Waals surface area contributed by atoms with Gasteiger partial charge in [0.2, 0.25) is 0 Å². The molecule has 0 amide bonds. The minimum absolute atomic E-state index is 0.129. The van der Waals surface area contributed by atoms with E-state index in [0.717, 1.165) is 5.56 Å². The van der Waals surface area contributed by atoms with Crippen molar-refractivity contribution in [3.05, 3.63) is 52.9 Å². The maximum atomic E-state index is 13.8. The van der Waals surface area contributed by atoms with E-state index in [2.05, 4.69) is 15.1 Å². The predicted molar refractivity (Wildman–Crippen MR) is 82.1 cm³/mol. The van der Waals surface area contributed by atoms with E-state index < -0.39 is 12.2 Å². The Morgan fingerprint density at radius 3 is 2.58 bits per heavy atom. The number of hydrogen-bond acceptors (Lipinski definition) is 4. The molecule has 0 N–H and O–H groups in total. The summed E-state index contributed by atoms with van der Waals surface area (Å²) in [5, 5.41) is 4.42. The normalized spacial score (nSPS) is 15.8. The SMILES string of the molecule is FC(F)(F)C(c1ccc(Cl)cc1)N1CCc2cnc3ncnn3c21. The smallest absolute Gasteiger partial charge is 0.340 e. The van der Waals surface area contributed by atoms with E-state index >= 15 is 0 Å². The van der Waals surface area contributed by atoms with Gasteiger partial charge >= 0.3 is 6.18 Å². The maximum absolute atomic E-state index is 13.8. The third kappa shape index (κ3) is 2.37. The minimum atomic E-state index is -4.45. The van der Waals surface area contributed by atoms with E-state index in [9.17, 15) is 13.2 Å². The van der Waals surface area contributed by atoms with E-state index in [1.54, 1.807) is 6.20 Å². The van der Waals surface area contributed by atoms with E-state index in [1.807, 2.05) is 0 Å². The Hall–Kier alpha value is -2.35. The highest BCUT2D eigenvalue weighted by Gasteiger charge is 2.47. The number of anilines is 1. The molecule has 1 unspecified atom stereocenters. The quantitative estimate of drug-likeness (QED) is 0.708. The van der Waals surface area contributed by atoms with E-state index in [1.165, 1.54) is 40.0 Å². The molecule has 0 fully saturated rings. The Balaban J connectivity index is 1.87. The summed E-state index contributed by atoms with van der Waals surface area (Å²) < 4.78 is 42.9. The van der Waals surface area contributed by atoms with Gasteiger partial charge in [0, 0.05) is 23.3 Å². The number of nitrogens with zero attached hydrogens (tertiary/aromatic N) is 5. The largest absolute Gasteiger partial charge is 0.413 e. The van der Waals surface area contributed by atoms with Gasteiger partial charge in [-0.25, -0.2) is 4.98 Å². The molecular weight excluding hydrogens is 343 g/mol. The molecule has 1 aliphatic rings. The van der Waals surface area contributed by atoms with Crippen LogP contribution in [0.5, 0.6) is 0 Å². The summed E-state index contributed by atoms with van der Waals surface area (Å²) in [5.41, 5.74) is 0.848. The van der Waals surface area contributed by atoms with Crippen LogP contribution < -0.4 is 4.90 Å². The van der Waals surface area contributed by atoms with Gasteiger partial charge in [-0.15, -0.1) is 0 Å². The molecule has 0 aliphatic carbocycles. The number of alkyl halides is 3. The van der Waals surface area contributed by atoms with Gasteiger partial charge in [0.25, 0.3) is 5.78 Å². The molecule has 2 aromatic heterocycles. The van der Waals surface area contributed by atoms with Crippen LogP contribution in [0.4, 0.5) is 19.0 Å². The van der Waals surface area contributed by atoms with E-state index in [-0.39, 0.29) is 17.9 Å². The molecule has 1 aromatic carbocycles. The van der Waals surface area contributed by atoms with Crippen LogP contribution >= 0.6 is 11.6 Å². The minimum Gasteiger partial charge on any atom is -0.340 e. The summed E-state index contributed by atoms with van der Waals surface area (Å²) >= 11 is 5.81. The van der Waals surface area contributed by atoms with Gasteiger partial charge in [0.1, 0.15) is 12.1 Å². The van der Waals surface area contributed by atoms with Gasteiger partial charge in [0.05, 0.1) is 0 Å². The molecule has 1 aliphatic heterocycles. The van der Waals surface area contributed by atoms with Crippen molar-refractivity contribution < 1.29 is 13.2 Å². The van der Waals surface area contributed by atoms with E-state index in [4.69, 9.17) is 11.6 Å². The van der Waals surface area contributed by atoms with Crippen molar-refractivity contribution in [2.75, 3.05) is 11.4 Å². The van der Waals surface area contributed by atoms with Crippen LogP contribution in [0.3, 0.4) is 0 Å². The number of halogens is 4. The van der Waals surface area contributed by atoms with Crippen molar-refractivity contribution in [3.8, 4) is 0 Å². The Morgan fingerprint density at radius 2 is 1.88 bits per heavy atom. The highest BCUT2D eigenvalue weighted by Crippen LogP contribution is 2.43. The first-order valence-electron chi connectivity index (χ1n) is 7.21. The first-order chi connectivity index (χ1) is 11.4. The van der Waals surface area contributed by atoms with Crippen molar-refractivity contribution in [3.63, 3.8) is 0 Å². The van der Waals surface area contributed by atoms with Crippen molar-refractivity contribution in [1.29, 1.82) is 0 Å². The number of fused-ring (bicyclic) bond motifs is 3. The van der Waals surface area contributed by atoms with Gasteiger partial charge in [-0.2, -0.15) is 27.8 Å². The second kappa shape index (κ2) is 5.34. The molecular formula is C15H11ClF3N5. The average molecular weight is 354 g/mol. The zero-order valence-electron chi connectivity index (χ0n) is 12.2. The Morgan fingerprint density at radius 1 is 1.12 bits per heavy atom.